The summed E-state index contributed by atoms with van der Waals surface area (Å²) in [6, 6.07) is 0. The Hall–Kier alpha value is -1.11. The minimum atomic E-state index is -0.392. The Balaban J connectivity index is 3.53. The van der Waals surface area contributed by atoms with Gasteiger partial charge in [-0.2, -0.15) is 4.89 Å². The molecule has 6 heteroatoms. The minimum Gasteiger partial charge on any atom is -0.463 e. The first-order valence-electron chi connectivity index (χ1n) is 6.49. The van der Waals surface area contributed by atoms with Gasteiger partial charge in [0.05, 0.1) is 19.1 Å². The van der Waals surface area contributed by atoms with Crippen molar-refractivity contribution in [2.24, 2.45) is 5.92 Å². The molecule has 1 unspecified atom stereocenters. The first-order valence-corrected chi connectivity index (χ1v) is 6.49. The maximum Gasteiger partial charge on any atom is 0.312 e. The number of ether oxygens (including phenoxy) is 3. The summed E-state index contributed by atoms with van der Waals surface area (Å²) in [4.78, 5) is 21.0. The van der Waals surface area contributed by atoms with Crippen molar-refractivity contribution in [2.45, 2.75) is 20.8 Å². The van der Waals surface area contributed by atoms with Crippen LogP contribution < -0.4 is 0 Å². The molecule has 0 aromatic carbocycles. The van der Waals surface area contributed by atoms with Crippen molar-refractivity contribution in [3.8, 4) is 0 Å². The second-order valence-electron chi connectivity index (χ2n) is 3.60. The predicted molar refractivity (Wildman–Crippen MR) is 69.3 cm³/mol. The Bertz CT molecular complexity index is 241. The van der Waals surface area contributed by atoms with Crippen molar-refractivity contribution in [3.05, 3.63) is 12.3 Å². The van der Waals surface area contributed by atoms with Gasteiger partial charge in [-0.05, 0) is 26.8 Å². The lowest BCUT2D eigenvalue weighted by Crippen LogP contribution is -2.16. The lowest BCUT2D eigenvalue weighted by molar-refractivity contribution is -0.255. The summed E-state index contributed by atoms with van der Waals surface area (Å²) in [6.07, 6.45) is 2.88. The van der Waals surface area contributed by atoms with Gasteiger partial charge in [0.25, 0.3) is 0 Å². The highest BCUT2D eigenvalue weighted by Crippen LogP contribution is 2.01. The Labute approximate surface area is 114 Å². The summed E-state index contributed by atoms with van der Waals surface area (Å²) in [7, 11) is 0. The molecule has 6 nitrogen and oxygen atoms in total. The molecule has 0 fully saturated rings. The molecule has 0 saturated heterocycles. The monoisotopic (exact) mass is 276 g/mol. The molecular formula is C13H24O6. The zero-order valence-electron chi connectivity index (χ0n) is 11.9. The van der Waals surface area contributed by atoms with Crippen LogP contribution in [-0.2, 0) is 28.8 Å². The van der Waals surface area contributed by atoms with Crippen LogP contribution >= 0.6 is 0 Å². The Kier molecular flexibility index (Phi) is 12.5. The average molecular weight is 276 g/mol. The van der Waals surface area contributed by atoms with Crippen molar-refractivity contribution < 1.29 is 28.8 Å². The average Bonchev–Trinajstić information content (AvgIpc) is 2.42. The number of hydrogen-bond donors (Lipinski definition) is 0. The van der Waals surface area contributed by atoms with Crippen LogP contribution in [-0.4, -0.2) is 45.6 Å². The molecule has 1 atom stereocenters. The van der Waals surface area contributed by atoms with Gasteiger partial charge in [-0.15, -0.1) is 0 Å². The van der Waals surface area contributed by atoms with Gasteiger partial charge >= 0.3 is 5.97 Å². The van der Waals surface area contributed by atoms with Crippen LogP contribution in [0.3, 0.4) is 0 Å². The fourth-order valence-electron chi connectivity index (χ4n) is 1.03. The topological polar surface area (TPSA) is 63.2 Å². The highest BCUT2D eigenvalue weighted by atomic mass is 17.2. The third-order valence-corrected chi connectivity index (χ3v) is 2.05. The highest BCUT2D eigenvalue weighted by Gasteiger charge is 2.10. The first-order chi connectivity index (χ1) is 9.22. The number of hydrogen-bond acceptors (Lipinski definition) is 6. The van der Waals surface area contributed by atoms with Crippen LogP contribution in [0.4, 0.5) is 0 Å². The molecule has 0 spiro atoms. The van der Waals surface area contributed by atoms with Crippen LogP contribution in [0.5, 0.6) is 0 Å². The Morgan fingerprint density at radius 1 is 1.05 bits per heavy atom. The van der Waals surface area contributed by atoms with E-state index in [0.717, 1.165) is 0 Å². The normalized spacial score (nSPS) is 12.6. The smallest absolute Gasteiger partial charge is 0.312 e. The fraction of sp³-hybridized carbons (Fsp3) is 0.769. The highest BCUT2D eigenvalue weighted by molar-refractivity contribution is 5.73. The second kappa shape index (κ2) is 13.3. The maximum atomic E-state index is 11.5. The minimum absolute atomic E-state index is 0.260. The number of carbonyl (C=O) groups excluding carboxylic acids is 1. The van der Waals surface area contributed by atoms with E-state index >= 15 is 0 Å². The fourth-order valence-corrected chi connectivity index (χ4v) is 1.03. The molecule has 0 rings (SSSR count). The molecule has 0 aromatic rings. The van der Waals surface area contributed by atoms with Gasteiger partial charge in [-0.3, -0.25) is 4.79 Å². The van der Waals surface area contributed by atoms with Crippen LogP contribution in [0.25, 0.3) is 0 Å². The van der Waals surface area contributed by atoms with Crippen LogP contribution in [0, 0.1) is 5.92 Å². The standard InChI is InChI=1S/C13H24O6/c1-4-15-8-10-17-13(14)12(3)6-7-18-19-11-9-16-5-2/h6-7,12H,4-5,8-11H2,1-3H3/b7-6-. The van der Waals surface area contributed by atoms with Gasteiger partial charge in [0.1, 0.15) is 19.5 Å². The van der Waals surface area contributed by atoms with Gasteiger partial charge in [-0.25, -0.2) is 0 Å². The van der Waals surface area contributed by atoms with Crippen molar-refractivity contribution in [1.29, 1.82) is 0 Å². The Morgan fingerprint density at radius 3 is 2.32 bits per heavy atom. The van der Waals surface area contributed by atoms with E-state index in [1.54, 1.807) is 13.0 Å². The molecule has 0 bridgehead atoms. The van der Waals surface area contributed by atoms with Crippen LogP contribution in [0.15, 0.2) is 12.3 Å². The summed E-state index contributed by atoms with van der Waals surface area (Å²) in [5, 5.41) is 0. The second-order valence-corrected chi connectivity index (χ2v) is 3.60. The molecule has 112 valence electrons. The molecular weight excluding hydrogens is 252 g/mol. The van der Waals surface area contributed by atoms with Gasteiger partial charge in [0, 0.05) is 13.2 Å². The lowest BCUT2D eigenvalue weighted by Gasteiger charge is -2.07. The van der Waals surface area contributed by atoms with Crippen molar-refractivity contribution in [3.63, 3.8) is 0 Å². The molecule has 0 heterocycles. The number of carbonyl (C=O) groups is 1. The van der Waals surface area contributed by atoms with E-state index in [0.29, 0.717) is 33.0 Å². The molecule has 0 aliphatic carbocycles. The number of esters is 1. The first kappa shape index (κ1) is 17.9. The van der Waals surface area contributed by atoms with E-state index < -0.39 is 5.92 Å². The molecule has 0 amide bonds. The molecule has 0 N–H and O–H groups in total. The van der Waals surface area contributed by atoms with Crippen molar-refractivity contribution >= 4 is 5.97 Å². The van der Waals surface area contributed by atoms with Gasteiger partial charge in [-0.1, -0.05) is 0 Å². The van der Waals surface area contributed by atoms with E-state index in [-0.39, 0.29) is 12.6 Å². The molecule has 0 saturated carbocycles. The van der Waals surface area contributed by atoms with E-state index in [2.05, 4.69) is 0 Å². The summed E-state index contributed by atoms with van der Waals surface area (Å²) in [5.74, 6) is -0.717. The van der Waals surface area contributed by atoms with E-state index in [1.807, 2.05) is 13.8 Å². The molecule has 0 aromatic heterocycles. The lowest BCUT2D eigenvalue weighted by atomic mass is 10.2. The van der Waals surface area contributed by atoms with Crippen LogP contribution in [0.2, 0.25) is 0 Å². The van der Waals surface area contributed by atoms with Gasteiger partial charge in [0.15, 0.2) is 0 Å². The molecule has 19 heavy (non-hydrogen) atoms. The zero-order chi connectivity index (χ0) is 14.3. The largest absolute Gasteiger partial charge is 0.463 e. The molecule has 0 radical (unpaired) electrons. The summed E-state index contributed by atoms with van der Waals surface area (Å²) < 4.78 is 15.1. The number of rotatable bonds is 12. The van der Waals surface area contributed by atoms with Crippen molar-refractivity contribution in [2.75, 3.05) is 39.6 Å². The van der Waals surface area contributed by atoms with Crippen molar-refractivity contribution in [1.82, 2.24) is 0 Å². The maximum absolute atomic E-state index is 11.5. The van der Waals surface area contributed by atoms with E-state index in [9.17, 15) is 4.79 Å². The van der Waals surface area contributed by atoms with Crippen LogP contribution in [0.1, 0.15) is 20.8 Å². The summed E-state index contributed by atoms with van der Waals surface area (Å²) >= 11 is 0. The predicted octanol–water partition coefficient (Wildman–Crippen LogP) is 1.70. The molecule has 0 aliphatic heterocycles. The third-order valence-electron chi connectivity index (χ3n) is 2.05. The summed E-state index contributed by atoms with van der Waals surface area (Å²) in [6.45, 7) is 8.24. The van der Waals surface area contributed by atoms with Gasteiger partial charge < -0.3 is 19.1 Å². The zero-order valence-corrected chi connectivity index (χ0v) is 11.9. The van der Waals surface area contributed by atoms with Gasteiger partial charge in [0.2, 0.25) is 0 Å². The van der Waals surface area contributed by atoms with E-state index in [1.165, 1.54) is 6.26 Å². The molecule has 0 aliphatic rings. The SMILES string of the molecule is CCOCCOO/C=C\C(C)C(=O)OCCOCC. The van der Waals surface area contributed by atoms with E-state index in [4.69, 9.17) is 24.0 Å². The third kappa shape index (κ3) is 11.7. The summed E-state index contributed by atoms with van der Waals surface area (Å²) in [5.41, 5.74) is 0. The quantitative estimate of drug-likeness (QED) is 0.178. The Morgan fingerprint density at radius 2 is 1.68 bits per heavy atom.